The molecule has 3 aromatic rings. The fraction of sp³-hybridized carbons (Fsp3) is 0.0556. The second-order valence-corrected chi connectivity index (χ2v) is 5.32. The maximum absolute atomic E-state index is 13.7. The highest BCUT2D eigenvalue weighted by molar-refractivity contribution is 5.93. The van der Waals surface area contributed by atoms with Crippen molar-refractivity contribution in [1.29, 1.82) is 0 Å². The lowest BCUT2D eigenvalue weighted by Crippen LogP contribution is -2.23. The molecule has 0 aliphatic heterocycles. The summed E-state index contributed by atoms with van der Waals surface area (Å²) in [4.78, 5) is 20.1. The van der Waals surface area contributed by atoms with Gasteiger partial charge in [0.05, 0.1) is 5.69 Å². The van der Waals surface area contributed by atoms with Crippen molar-refractivity contribution in [3.05, 3.63) is 83.7 Å². The van der Waals surface area contributed by atoms with E-state index in [0.29, 0.717) is 5.69 Å². The number of aromatic nitrogens is 2. The molecular weight excluding hydrogens is 345 g/mol. The van der Waals surface area contributed by atoms with Crippen molar-refractivity contribution in [2.75, 3.05) is 5.32 Å². The number of hydrogen-bond acceptors (Lipinski definition) is 4. The van der Waals surface area contributed by atoms with E-state index in [1.165, 1.54) is 18.3 Å². The Morgan fingerprint density at radius 3 is 2.65 bits per heavy atom. The molecule has 0 aliphatic rings. The van der Waals surface area contributed by atoms with Crippen LogP contribution in [0.15, 0.2) is 55.0 Å². The molecule has 0 bridgehead atoms. The van der Waals surface area contributed by atoms with E-state index in [1.54, 1.807) is 18.5 Å². The predicted octanol–water partition coefficient (Wildman–Crippen LogP) is 3.57. The smallest absolute Gasteiger partial charge is 0.270 e. The second-order valence-electron chi connectivity index (χ2n) is 5.32. The fourth-order valence-corrected chi connectivity index (χ4v) is 2.19. The van der Waals surface area contributed by atoms with Gasteiger partial charge in [-0.1, -0.05) is 6.07 Å². The van der Waals surface area contributed by atoms with Crippen molar-refractivity contribution < 1.29 is 18.0 Å². The molecule has 8 heteroatoms. The molecule has 0 unspecified atom stereocenters. The maximum Gasteiger partial charge on any atom is 0.270 e. The third-order valence-electron chi connectivity index (χ3n) is 3.48. The summed E-state index contributed by atoms with van der Waals surface area (Å²) in [5, 5.41) is 5.28. The number of nitrogens with zero attached hydrogens (tertiary/aromatic N) is 2. The second kappa shape index (κ2) is 7.64. The minimum atomic E-state index is -1.57. The van der Waals surface area contributed by atoms with Crippen LogP contribution in [0.3, 0.4) is 0 Å². The minimum absolute atomic E-state index is 0.0851. The lowest BCUT2D eigenvalue weighted by Gasteiger charge is -2.10. The number of rotatable bonds is 5. The van der Waals surface area contributed by atoms with Crippen LogP contribution >= 0.6 is 0 Å². The highest BCUT2D eigenvalue weighted by Gasteiger charge is 2.14. The van der Waals surface area contributed by atoms with Crippen LogP contribution in [0.1, 0.15) is 16.1 Å². The Bertz CT molecular complexity index is 935. The molecule has 2 N–H and O–H groups in total. The first-order valence-electron chi connectivity index (χ1n) is 7.58. The fourth-order valence-electron chi connectivity index (χ4n) is 2.19. The van der Waals surface area contributed by atoms with E-state index in [4.69, 9.17) is 0 Å². The number of carbonyl (C=O) groups excluding carboxylic acids is 1. The monoisotopic (exact) mass is 358 g/mol. The van der Waals surface area contributed by atoms with Crippen molar-refractivity contribution in [2.45, 2.75) is 6.54 Å². The Balaban J connectivity index is 1.72. The van der Waals surface area contributed by atoms with Crippen LogP contribution in [0.5, 0.6) is 0 Å². The summed E-state index contributed by atoms with van der Waals surface area (Å²) < 4.78 is 40.0. The molecule has 0 saturated carbocycles. The molecule has 0 aliphatic carbocycles. The summed E-state index contributed by atoms with van der Waals surface area (Å²) >= 11 is 0. The van der Waals surface area contributed by atoms with Gasteiger partial charge in [-0.15, -0.1) is 0 Å². The number of amides is 1. The number of benzene rings is 1. The normalized spacial score (nSPS) is 10.4. The van der Waals surface area contributed by atoms with E-state index >= 15 is 0 Å². The highest BCUT2D eigenvalue weighted by Crippen LogP contribution is 2.23. The molecule has 26 heavy (non-hydrogen) atoms. The van der Waals surface area contributed by atoms with Gasteiger partial charge in [-0.25, -0.2) is 13.2 Å². The van der Waals surface area contributed by atoms with Crippen LogP contribution in [0, 0.1) is 17.5 Å². The van der Waals surface area contributed by atoms with Gasteiger partial charge in [-0.3, -0.25) is 14.8 Å². The molecule has 1 amide bonds. The molecule has 0 fully saturated rings. The summed E-state index contributed by atoms with van der Waals surface area (Å²) in [6.45, 7) is 0.268. The molecule has 1 aromatic carbocycles. The minimum Gasteiger partial charge on any atom is -0.353 e. The Morgan fingerprint density at radius 2 is 1.88 bits per heavy atom. The van der Waals surface area contributed by atoms with Gasteiger partial charge < -0.3 is 10.6 Å². The highest BCUT2D eigenvalue weighted by atomic mass is 19.2. The van der Waals surface area contributed by atoms with Gasteiger partial charge >= 0.3 is 0 Å². The molecule has 0 radical (unpaired) electrons. The van der Waals surface area contributed by atoms with E-state index < -0.39 is 23.4 Å². The zero-order chi connectivity index (χ0) is 18.5. The Morgan fingerprint density at radius 1 is 1.04 bits per heavy atom. The van der Waals surface area contributed by atoms with Crippen LogP contribution in [0.4, 0.5) is 24.5 Å². The van der Waals surface area contributed by atoms with Gasteiger partial charge in [-0.05, 0) is 35.9 Å². The van der Waals surface area contributed by atoms with Gasteiger partial charge in [-0.2, -0.15) is 0 Å². The summed E-state index contributed by atoms with van der Waals surface area (Å²) in [6, 6.07) is 8.28. The molecule has 0 spiro atoms. The van der Waals surface area contributed by atoms with Gasteiger partial charge in [0.2, 0.25) is 0 Å². The SMILES string of the molecule is O=C(NCc1cccnc1)c1cc(Nc2ccc(F)c(F)c2F)ccn1. The molecule has 2 heterocycles. The quantitative estimate of drug-likeness (QED) is 0.685. The largest absolute Gasteiger partial charge is 0.353 e. The molecule has 2 aromatic heterocycles. The van der Waals surface area contributed by atoms with Gasteiger partial charge in [0, 0.05) is 30.8 Å². The van der Waals surface area contributed by atoms with Gasteiger partial charge in [0.25, 0.3) is 5.91 Å². The topological polar surface area (TPSA) is 66.9 Å². The van der Waals surface area contributed by atoms with Crippen molar-refractivity contribution in [1.82, 2.24) is 15.3 Å². The Kier molecular flexibility index (Phi) is 5.12. The zero-order valence-electron chi connectivity index (χ0n) is 13.3. The lowest BCUT2D eigenvalue weighted by atomic mass is 10.2. The van der Waals surface area contributed by atoms with Crippen LogP contribution in [-0.4, -0.2) is 15.9 Å². The van der Waals surface area contributed by atoms with Crippen molar-refractivity contribution in [3.63, 3.8) is 0 Å². The van der Waals surface area contributed by atoms with Crippen LogP contribution in [0.2, 0.25) is 0 Å². The van der Waals surface area contributed by atoms with Crippen LogP contribution < -0.4 is 10.6 Å². The number of hydrogen-bond donors (Lipinski definition) is 2. The molecule has 132 valence electrons. The van der Waals surface area contributed by atoms with Gasteiger partial charge in [0.1, 0.15) is 5.69 Å². The molecule has 0 atom stereocenters. The number of pyridine rings is 2. The third kappa shape index (κ3) is 3.97. The molecule has 0 saturated heterocycles. The van der Waals surface area contributed by atoms with Crippen molar-refractivity contribution >= 4 is 17.3 Å². The number of nitrogens with one attached hydrogen (secondary N) is 2. The molecular formula is C18H13F3N4O. The summed E-state index contributed by atoms with van der Waals surface area (Å²) in [6.07, 6.45) is 4.59. The molecule has 3 rings (SSSR count). The first kappa shape index (κ1) is 17.4. The van der Waals surface area contributed by atoms with Crippen molar-refractivity contribution in [2.24, 2.45) is 0 Å². The summed E-state index contributed by atoms with van der Waals surface area (Å²) in [5.74, 6) is -4.63. The summed E-state index contributed by atoms with van der Waals surface area (Å²) in [5.41, 5.74) is 0.953. The zero-order valence-corrected chi connectivity index (χ0v) is 13.3. The first-order chi connectivity index (χ1) is 12.5. The first-order valence-corrected chi connectivity index (χ1v) is 7.58. The van der Waals surface area contributed by atoms with E-state index in [1.807, 2.05) is 6.07 Å². The van der Waals surface area contributed by atoms with Crippen LogP contribution in [0.25, 0.3) is 0 Å². The number of anilines is 2. The Hall–Kier alpha value is -3.42. The average molecular weight is 358 g/mol. The summed E-state index contributed by atoms with van der Waals surface area (Å²) in [7, 11) is 0. The van der Waals surface area contributed by atoms with Gasteiger partial charge in [0.15, 0.2) is 17.5 Å². The van der Waals surface area contributed by atoms with E-state index in [9.17, 15) is 18.0 Å². The van der Waals surface area contributed by atoms with Crippen LogP contribution in [-0.2, 0) is 6.54 Å². The van der Waals surface area contributed by atoms with E-state index in [0.717, 1.165) is 17.7 Å². The van der Waals surface area contributed by atoms with E-state index in [-0.39, 0.29) is 17.9 Å². The van der Waals surface area contributed by atoms with Crippen molar-refractivity contribution in [3.8, 4) is 0 Å². The Labute approximate surface area is 146 Å². The number of halogens is 3. The molecule has 5 nitrogen and oxygen atoms in total. The third-order valence-corrected chi connectivity index (χ3v) is 3.48. The lowest BCUT2D eigenvalue weighted by molar-refractivity contribution is 0.0946. The van der Waals surface area contributed by atoms with E-state index in [2.05, 4.69) is 20.6 Å². The maximum atomic E-state index is 13.7. The standard InChI is InChI=1S/C18H13F3N4O/c19-13-3-4-14(17(21)16(13)20)25-12-5-7-23-15(8-12)18(26)24-10-11-2-1-6-22-9-11/h1-9H,10H2,(H,23,25)(H,24,26). The number of carbonyl (C=O) groups is 1. The predicted molar refractivity (Wildman–Crippen MR) is 89.2 cm³/mol. The average Bonchev–Trinajstić information content (AvgIpc) is 2.67.